The van der Waals surface area contributed by atoms with E-state index in [9.17, 15) is 0 Å². The molecule has 3 rings (SSSR count). The Morgan fingerprint density at radius 1 is 1.11 bits per heavy atom. The van der Waals surface area contributed by atoms with Crippen LogP contribution >= 0.6 is 0 Å². The van der Waals surface area contributed by atoms with Gasteiger partial charge in [0.1, 0.15) is 0 Å². The van der Waals surface area contributed by atoms with Crippen LogP contribution in [0.1, 0.15) is 5.56 Å². The normalized spacial score (nSPS) is 10.8. The van der Waals surface area contributed by atoms with Crippen LogP contribution in [0.5, 0.6) is 5.88 Å². The Kier molecular flexibility index (Phi) is 2.48. The molecular formula is C14H13N3O. The molecule has 0 bridgehead atoms. The fraction of sp³-hybridized carbons (Fsp3) is 0.143. The van der Waals surface area contributed by atoms with E-state index in [-0.39, 0.29) is 0 Å². The highest BCUT2D eigenvalue weighted by Crippen LogP contribution is 2.28. The molecule has 0 aliphatic heterocycles. The molecule has 90 valence electrons. The van der Waals surface area contributed by atoms with Crippen molar-refractivity contribution in [3.63, 3.8) is 0 Å². The van der Waals surface area contributed by atoms with Gasteiger partial charge in [-0.05, 0) is 25.1 Å². The number of aryl methyl sites for hydroxylation is 1. The third kappa shape index (κ3) is 1.72. The molecule has 1 aromatic carbocycles. The third-order valence-electron chi connectivity index (χ3n) is 2.96. The van der Waals surface area contributed by atoms with Crippen molar-refractivity contribution in [2.75, 3.05) is 7.11 Å². The van der Waals surface area contributed by atoms with Crippen LogP contribution in [0.25, 0.3) is 22.2 Å². The Morgan fingerprint density at radius 2 is 2.00 bits per heavy atom. The Bertz CT molecular complexity index is 686. The first kappa shape index (κ1) is 10.8. The maximum atomic E-state index is 5.01. The van der Waals surface area contributed by atoms with Crippen molar-refractivity contribution >= 4 is 10.9 Å². The van der Waals surface area contributed by atoms with Gasteiger partial charge >= 0.3 is 0 Å². The summed E-state index contributed by atoms with van der Waals surface area (Å²) in [6.45, 7) is 2.08. The molecule has 0 amide bonds. The van der Waals surface area contributed by atoms with Gasteiger partial charge in [-0.2, -0.15) is 0 Å². The van der Waals surface area contributed by atoms with Crippen LogP contribution in [0.15, 0.2) is 36.5 Å². The fourth-order valence-electron chi connectivity index (χ4n) is 2.02. The predicted octanol–water partition coefficient (Wildman–Crippen LogP) is 2.94. The van der Waals surface area contributed by atoms with E-state index in [0.29, 0.717) is 5.88 Å². The van der Waals surface area contributed by atoms with Gasteiger partial charge in [-0.25, -0.2) is 0 Å². The van der Waals surface area contributed by atoms with Gasteiger partial charge in [0.15, 0.2) is 0 Å². The number of ether oxygens (including phenoxy) is 1. The number of methoxy groups -OCH3 is 1. The van der Waals surface area contributed by atoms with E-state index in [1.165, 1.54) is 5.56 Å². The Hall–Kier alpha value is -2.36. The summed E-state index contributed by atoms with van der Waals surface area (Å²) in [6, 6.07) is 10.0. The molecule has 4 heteroatoms. The molecule has 4 nitrogen and oxygen atoms in total. The fourth-order valence-corrected chi connectivity index (χ4v) is 2.02. The molecule has 0 aliphatic carbocycles. The van der Waals surface area contributed by atoms with Crippen molar-refractivity contribution < 1.29 is 4.74 Å². The number of nitrogens with one attached hydrogen (secondary N) is 1. The highest BCUT2D eigenvalue weighted by atomic mass is 16.5. The number of H-pyrrole nitrogens is 1. The summed E-state index contributed by atoms with van der Waals surface area (Å²) in [5.74, 6) is 0.523. The van der Waals surface area contributed by atoms with Crippen LogP contribution in [0.4, 0.5) is 0 Å². The summed E-state index contributed by atoms with van der Waals surface area (Å²) >= 11 is 0. The molecule has 0 aliphatic rings. The lowest BCUT2D eigenvalue weighted by molar-refractivity contribution is 0.392. The zero-order chi connectivity index (χ0) is 12.5. The summed E-state index contributed by atoms with van der Waals surface area (Å²) in [7, 11) is 1.58. The Morgan fingerprint density at radius 3 is 2.72 bits per heavy atom. The van der Waals surface area contributed by atoms with Crippen LogP contribution in [-0.2, 0) is 0 Å². The molecule has 0 atom stereocenters. The number of aromatic nitrogens is 3. The van der Waals surface area contributed by atoms with Crippen molar-refractivity contribution in [3.8, 4) is 17.1 Å². The van der Waals surface area contributed by atoms with Gasteiger partial charge in [0.2, 0.25) is 5.88 Å². The second-order valence-electron chi connectivity index (χ2n) is 4.21. The quantitative estimate of drug-likeness (QED) is 0.748. The van der Waals surface area contributed by atoms with E-state index in [0.717, 1.165) is 22.2 Å². The van der Waals surface area contributed by atoms with Crippen LogP contribution in [-0.4, -0.2) is 22.3 Å². The molecule has 0 saturated carbocycles. The second kappa shape index (κ2) is 4.14. The molecular weight excluding hydrogens is 226 g/mol. The van der Waals surface area contributed by atoms with Crippen molar-refractivity contribution in [3.05, 3.63) is 42.1 Å². The first-order chi connectivity index (χ1) is 8.78. The number of aromatic amines is 1. The Labute approximate surface area is 105 Å². The lowest BCUT2D eigenvalue weighted by Crippen LogP contribution is -1.91. The maximum absolute atomic E-state index is 5.01. The molecule has 0 fully saturated rings. The average molecular weight is 239 g/mol. The number of rotatable bonds is 2. The van der Waals surface area contributed by atoms with Crippen molar-refractivity contribution in [2.24, 2.45) is 0 Å². The number of nitrogens with zero attached hydrogens (tertiary/aromatic N) is 2. The molecule has 0 spiro atoms. The number of hydrogen-bond acceptors (Lipinski definition) is 3. The summed E-state index contributed by atoms with van der Waals surface area (Å²) in [6.07, 6.45) is 1.96. The minimum atomic E-state index is 0.523. The molecule has 0 radical (unpaired) electrons. The van der Waals surface area contributed by atoms with Gasteiger partial charge in [0.05, 0.1) is 12.8 Å². The smallest absolute Gasteiger partial charge is 0.233 e. The molecule has 0 saturated heterocycles. The van der Waals surface area contributed by atoms with Crippen LogP contribution in [0, 0.1) is 6.92 Å². The molecule has 2 heterocycles. The van der Waals surface area contributed by atoms with Crippen molar-refractivity contribution in [1.82, 2.24) is 15.2 Å². The van der Waals surface area contributed by atoms with E-state index in [4.69, 9.17) is 4.74 Å². The van der Waals surface area contributed by atoms with Crippen LogP contribution in [0.2, 0.25) is 0 Å². The van der Waals surface area contributed by atoms with Crippen molar-refractivity contribution in [1.29, 1.82) is 0 Å². The minimum Gasteiger partial charge on any atom is -0.480 e. The monoisotopic (exact) mass is 239 g/mol. The summed E-state index contributed by atoms with van der Waals surface area (Å²) in [5.41, 5.74) is 4.23. The van der Waals surface area contributed by atoms with Gasteiger partial charge in [0.25, 0.3) is 0 Å². The van der Waals surface area contributed by atoms with Crippen LogP contribution < -0.4 is 4.74 Å². The van der Waals surface area contributed by atoms with Gasteiger partial charge in [-0.3, -0.25) is 0 Å². The number of fused-ring (bicyclic) bond motifs is 1. The number of benzene rings is 1. The Balaban J connectivity index is 2.15. The molecule has 2 aromatic heterocycles. The van der Waals surface area contributed by atoms with E-state index < -0.39 is 0 Å². The van der Waals surface area contributed by atoms with Gasteiger partial charge in [-0.1, -0.05) is 11.6 Å². The molecule has 18 heavy (non-hydrogen) atoms. The predicted molar refractivity (Wildman–Crippen MR) is 70.6 cm³/mol. The lowest BCUT2D eigenvalue weighted by atomic mass is 10.1. The average Bonchev–Trinajstić information content (AvgIpc) is 2.82. The van der Waals surface area contributed by atoms with Gasteiger partial charge < -0.3 is 9.72 Å². The summed E-state index contributed by atoms with van der Waals surface area (Å²) < 4.78 is 5.01. The minimum absolute atomic E-state index is 0.523. The van der Waals surface area contributed by atoms with Crippen LogP contribution in [0.3, 0.4) is 0 Å². The molecule has 1 N–H and O–H groups in total. The summed E-state index contributed by atoms with van der Waals surface area (Å²) in [4.78, 5) is 3.24. The topological polar surface area (TPSA) is 50.8 Å². The van der Waals surface area contributed by atoms with E-state index in [1.54, 1.807) is 7.11 Å². The maximum Gasteiger partial charge on any atom is 0.233 e. The number of hydrogen-bond donors (Lipinski definition) is 1. The van der Waals surface area contributed by atoms with Gasteiger partial charge in [0, 0.05) is 28.7 Å². The van der Waals surface area contributed by atoms with E-state index in [2.05, 4.69) is 40.3 Å². The largest absolute Gasteiger partial charge is 0.480 e. The summed E-state index contributed by atoms with van der Waals surface area (Å²) in [5, 5.41) is 9.33. The van der Waals surface area contributed by atoms with Gasteiger partial charge in [-0.15, -0.1) is 10.2 Å². The highest BCUT2D eigenvalue weighted by Gasteiger charge is 2.08. The van der Waals surface area contributed by atoms with Crippen molar-refractivity contribution in [2.45, 2.75) is 6.92 Å². The SMILES string of the molecule is COc1ccc(-c2c[nH]c3ccc(C)cc23)nn1. The first-order valence-corrected chi connectivity index (χ1v) is 5.74. The lowest BCUT2D eigenvalue weighted by Gasteiger charge is -2.00. The second-order valence-corrected chi connectivity index (χ2v) is 4.21. The molecule has 3 aromatic rings. The standard InChI is InChI=1S/C14H13N3O/c1-9-3-4-12-10(7-9)11(8-15-12)13-5-6-14(18-2)17-16-13/h3-8,15H,1-2H3. The van der Waals surface area contributed by atoms with E-state index >= 15 is 0 Å². The molecule has 0 unspecified atom stereocenters. The first-order valence-electron chi connectivity index (χ1n) is 5.74. The third-order valence-corrected chi connectivity index (χ3v) is 2.96. The zero-order valence-corrected chi connectivity index (χ0v) is 10.3. The van der Waals surface area contributed by atoms with E-state index in [1.807, 2.05) is 18.3 Å². The zero-order valence-electron chi connectivity index (χ0n) is 10.3. The highest BCUT2D eigenvalue weighted by molar-refractivity contribution is 5.94.